The highest BCUT2D eigenvalue weighted by molar-refractivity contribution is 7.27. The predicted octanol–water partition coefficient (Wildman–Crippen LogP) is 14.6. The Hall–Kier alpha value is -4.71. The fourth-order valence-corrected chi connectivity index (χ4v) is 10.9. The lowest BCUT2D eigenvalue weighted by Gasteiger charge is -2.27. The fourth-order valence-electron chi connectivity index (χ4n) is 7.03. The van der Waals surface area contributed by atoms with E-state index in [1.807, 2.05) is 34.8 Å². The number of nitrogens with zero attached hydrogens (tertiary/aromatic N) is 1. The normalized spacial score (nSPS) is 11.9. The molecule has 10 rings (SSSR count). The summed E-state index contributed by atoms with van der Waals surface area (Å²) < 4.78 is 7.67. The number of hydrogen-bond acceptors (Lipinski definition) is 4. The Morgan fingerprint density at radius 3 is 2.00 bits per heavy atom. The molecule has 0 aliphatic carbocycles. The van der Waals surface area contributed by atoms with Crippen molar-refractivity contribution in [1.82, 2.24) is 0 Å². The molecular weight excluding hydrogens is 650 g/mol. The van der Waals surface area contributed by atoms with Crippen molar-refractivity contribution in [2.24, 2.45) is 0 Å². The maximum absolute atomic E-state index is 6.76. The number of anilines is 3. The number of para-hydroxylation sites is 1. The predicted molar refractivity (Wildman–Crippen MR) is 210 cm³/mol. The van der Waals surface area contributed by atoms with Gasteiger partial charge in [0, 0.05) is 76.9 Å². The topological polar surface area (TPSA) is 3.24 Å². The zero-order valence-corrected chi connectivity index (χ0v) is 28.1. The Balaban J connectivity index is 1.24. The van der Waals surface area contributed by atoms with Crippen molar-refractivity contribution in [3.63, 3.8) is 0 Å². The molecule has 0 aliphatic heterocycles. The Bertz CT molecular complexity index is 2820. The van der Waals surface area contributed by atoms with Crippen LogP contribution in [0.25, 0.3) is 71.6 Å². The third-order valence-corrected chi connectivity index (χ3v) is 12.9. The van der Waals surface area contributed by atoms with Crippen molar-refractivity contribution >= 4 is 123 Å². The van der Waals surface area contributed by atoms with Crippen LogP contribution in [0, 0.1) is 0 Å². The second kappa shape index (κ2) is 10.7. The zero-order valence-electron chi connectivity index (χ0n) is 24.9. The largest absolute Gasteiger partial charge is 0.310 e. The standard InChI is InChI=1S/C42H24ClNS3/c43-33-13-8-16-38-40(33)32-23-25(17-22-37(32)45-38)28-20-21-34(41-31-12-5-7-15-36(31)47-42(28)41)44(26-9-2-1-3-10-26)27-18-19-30-29-11-4-6-14-35(29)46-39(30)24-27/h1-24H. The van der Waals surface area contributed by atoms with E-state index in [1.165, 1.54) is 71.9 Å². The number of halogens is 1. The van der Waals surface area contributed by atoms with Gasteiger partial charge in [-0.2, -0.15) is 0 Å². The Kier molecular flexibility index (Phi) is 6.22. The van der Waals surface area contributed by atoms with Crippen LogP contribution in [0.2, 0.25) is 5.02 Å². The summed E-state index contributed by atoms with van der Waals surface area (Å²) in [6, 6.07) is 52.9. The highest BCUT2D eigenvalue weighted by Crippen LogP contribution is 2.50. The molecule has 0 amide bonds. The first kappa shape index (κ1) is 27.4. The van der Waals surface area contributed by atoms with Gasteiger partial charge in [-0.1, -0.05) is 90.5 Å². The fraction of sp³-hybridized carbons (Fsp3) is 0. The molecule has 0 bridgehead atoms. The molecule has 1 nitrogen and oxygen atoms in total. The van der Waals surface area contributed by atoms with E-state index in [4.69, 9.17) is 11.6 Å². The van der Waals surface area contributed by atoms with E-state index >= 15 is 0 Å². The van der Waals surface area contributed by atoms with Gasteiger partial charge in [-0.25, -0.2) is 0 Å². The first-order valence-corrected chi connectivity index (χ1v) is 18.4. The Labute approximate surface area is 288 Å². The van der Waals surface area contributed by atoms with Crippen LogP contribution in [0.4, 0.5) is 17.1 Å². The monoisotopic (exact) mass is 673 g/mol. The van der Waals surface area contributed by atoms with E-state index in [-0.39, 0.29) is 0 Å². The van der Waals surface area contributed by atoms with E-state index in [1.54, 1.807) is 11.3 Å². The van der Waals surface area contributed by atoms with Crippen molar-refractivity contribution in [2.45, 2.75) is 0 Å². The molecule has 7 aromatic carbocycles. The summed E-state index contributed by atoms with van der Waals surface area (Å²) in [7, 11) is 0. The highest BCUT2D eigenvalue weighted by Gasteiger charge is 2.22. The maximum atomic E-state index is 6.76. The van der Waals surface area contributed by atoms with Crippen LogP contribution in [0.1, 0.15) is 0 Å². The zero-order chi connectivity index (χ0) is 31.1. The van der Waals surface area contributed by atoms with Crippen molar-refractivity contribution in [3.8, 4) is 11.1 Å². The van der Waals surface area contributed by atoms with Crippen LogP contribution >= 0.6 is 45.6 Å². The lowest BCUT2D eigenvalue weighted by Crippen LogP contribution is -2.10. The van der Waals surface area contributed by atoms with E-state index in [2.05, 4.69) is 138 Å². The molecule has 0 unspecified atom stereocenters. The van der Waals surface area contributed by atoms with E-state index in [0.717, 1.165) is 21.8 Å². The van der Waals surface area contributed by atoms with Crippen LogP contribution in [-0.4, -0.2) is 0 Å². The number of fused-ring (bicyclic) bond motifs is 9. The average molecular weight is 674 g/mol. The molecule has 5 heteroatoms. The van der Waals surface area contributed by atoms with Gasteiger partial charge in [0.1, 0.15) is 0 Å². The Morgan fingerprint density at radius 1 is 0.426 bits per heavy atom. The molecule has 3 heterocycles. The molecule has 0 atom stereocenters. The first-order chi connectivity index (χ1) is 23.2. The summed E-state index contributed by atoms with van der Waals surface area (Å²) in [6.45, 7) is 0. The van der Waals surface area contributed by atoms with E-state index in [9.17, 15) is 0 Å². The summed E-state index contributed by atoms with van der Waals surface area (Å²) in [5, 5.41) is 8.34. The average Bonchev–Trinajstić information content (AvgIpc) is 3.80. The smallest absolute Gasteiger partial charge is 0.0555 e. The first-order valence-electron chi connectivity index (χ1n) is 15.5. The molecule has 0 aliphatic rings. The van der Waals surface area contributed by atoms with Crippen molar-refractivity contribution in [2.75, 3.05) is 4.90 Å². The number of hydrogen-bond donors (Lipinski definition) is 0. The van der Waals surface area contributed by atoms with Crippen LogP contribution in [0.15, 0.2) is 146 Å². The van der Waals surface area contributed by atoms with Crippen molar-refractivity contribution in [3.05, 3.63) is 151 Å². The van der Waals surface area contributed by atoms with Gasteiger partial charge in [0.25, 0.3) is 0 Å². The molecule has 222 valence electrons. The van der Waals surface area contributed by atoms with Crippen molar-refractivity contribution < 1.29 is 0 Å². The maximum Gasteiger partial charge on any atom is 0.0555 e. The number of rotatable bonds is 4. The number of thiophene rings is 3. The lowest BCUT2D eigenvalue weighted by molar-refractivity contribution is 1.31. The summed E-state index contributed by atoms with van der Waals surface area (Å²) in [4.78, 5) is 2.43. The second-order valence-corrected chi connectivity index (χ2v) is 15.4. The van der Waals surface area contributed by atoms with E-state index in [0.29, 0.717) is 0 Å². The molecule has 0 N–H and O–H groups in total. The van der Waals surface area contributed by atoms with Gasteiger partial charge < -0.3 is 4.90 Å². The van der Waals surface area contributed by atoms with Crippen molar-refractivity contribution in [1.29, 1.82) is 0 Å². The van der Waals surface area contributed by atoms with Crippen LogP contribution < -0.4 is 4.90 Å². The third-order valence-electron chi connectivity index (χ3n) is 9.14. The Morgan fingerprint density at radius 2 is 1.13 bits per heavy atom. The van der Waals surface area contributed by atoms with Gasteiger partial charge >= 0.3 is 0 Å². The molecule has 47 heavy (non-hydrogen) atoms. The third kappa shape index (κ3) is 4.26. The summed E-state index contributed by atoms with van der Waals surface area (Å²) in [5.74, 6) is 0. The molecule has 0 fully saturated rings. The minimum Gasteiger partial charge on any atom is -0.310 e. The minimum absolute atomic E-state index is 0.808. The minimum atomic E-state index is 0.808. The lowest BCUT2D eigenvalue weighted by atomic mass is 9.98. The summed E-state index contributed by atoms with van der Waals surface area (Å²) >= 11 is 12.3. The van der Waals surface area contributed by atoms with E-state index < -0.39 is 0 Å². The summed E-state index contributed by atoms with van der Waals surface area (Å²) in [6.07, 6.45) is 0. The second-order valence-electron chi connectivity index (χ2n) is 11.8. The number of benzene rings is 7. The molecule has 0 spiro atoms. The summed E-state index contributed by atoms with van der Waals surface area (Å²) in [5.41, 5.74) is 5.92. The molecule has 0 saturated carbocycles. The van der Waals surface area contributed by atoms with Crippen LogP contribution in [0.3, 0.4) is 0 Å². The van der Waals surface area contributed by atoms with Gasteiger partial charge in [0.2, 0.25) is 0 Å². The molecule has 10 aromatic rings. The van der Waals surface area contributed by atoms with Crippen LogP contribution in [0.5, 0.6) is 0 Å². The SMILES string of the molecule is Clc1cccc2sc3ccc(-c4ccc(N(c5ccccc5)c5ccc6c(c5)sc5ccccc56)c5c4sc4ccccc45)cc3c12. The highest BCUT2D eigenvalue weighted by atomic mass is 35.5. The van der Waals surface area contributed by atoms with Gasteiger partial charge in [-0.15, -0.1) is 34.0 Å². The van der Waals surface area contributed by atoms with Gasteiger partial charge in [-0.3, -0.25) is 0 Å². The quantitative estimate of drug-likeness (QED) is 0.180. The van der Waals surface area contributed by atoms with Gasteiger partial charge in [0.05, 0.1) is 5.69 Å². The molecule has 0 saturated heterocycles. The molecule has 3 aromatic heterocycles. The molecular formula is C42H24ClNS3. The molecule has 0 radical (unpaired) electrons. The van der Waals surface area contributed by atoms with Gasteiger partial charge in [-0.05, 0) is 77.9 Å². The van der Waals surface area contributed by atoms with Crippen LogP contribution in [-0.2, 0) is 0 Å². The van der Waals surface area contributed by atoms with Gasteiger partial charge in [0.15, 0.2) is 0 Å².